The molecule has 0 radical (unpaired) electrons. The number of aromatic nitrogens is 8. The number of aryl methyl sites for hydroxylation is 1. The third-order valence-electron chi connectivity index (χ3n) is 5.61. The first-order valence-electron chi connectivity index (χ1n) is 11.1. The smallest absolute Gasteiger partial charge is 0.368 e. The second kappa shape index (κ2) is 11.8. The van der Waals surface area contributed by atoms with Gasteiger partial charge in [-0.05, 0) is 45.8 Å². The summed E-state index contributed by atoms with van der Waals surface area (Å²) in [6.45, 7) is 3.05. The lowest BCUT2D eigenvalue weighted by Gasteiger charge is -2.08. The number of benzene rings is 2. The van der Waals surface area contributed by atoms with Crippen molar-refractivity contribution < 1.29 is 28.9 Å². The van der Waals surface area contributed by atoms with Gasteiger partial charge in [0.05, 0.1) is 46.6 Å². The zero-order chi connectivity index (χ0) is 30.6. The van der Waals surface area contributed by atoms with Crippen LogP contribution in [0.5, 0.6) is 0 Å². The number of nitro benzene ring substituents is 2. The molecule has 0 spiro atoms. The average molecular weight is 572 g/mol. The molecule has 0 saturated heterocycles. The second-order valence-corrected chi connectivity index (χ2v) is 7.99. The fourth-order valence-corrected chi connectivity index (χ4v) is 3.48. The number of nitrogens with one attached hydrogen (secondary N) is 1. The van der Waals surface area contributed by atoms with Crippen molar-refractivity contribution in [2.24, 2.45) is 7.05 Å². The van der Waals surface area contributed by atoms with E-state index in [0.717, 1.165) is 52.5 Å². The number of ether oxygens (including phenoxy) is 2. The van der Waals surface area contributed by atoms with Gasteiger partial charge in [-0.15, -0.1) is 0 Å². The number of esters is 2. The van der Waals surface area contributed by atoms with Crippen LogP contribution >= 0.6 is 0 Å². The Bertz CT molecular complexity index is 1800. The SMILES string of the molecule is COC(=O)c1cc([N+](=O)[O-])cc(-n2nn[nH]c2=O)c1C.COC(=O)c1cc([N+](=O)[O-])cc(-n2nnn(C)c2=O)c1C. The number of hydrogen-bond donors (Lipinski definition) is 1. The lowest BCUT2D eigenvalue weighted by molar-refractivity contribution is -0.385. The molecule has 0 aliphatic heterocycles. The molecular weight excluding hydrogens is 552 g/mol. The van der Waals surface area contributed by atoms with Crippen LogP contribution in [0.2, 0.25) is 0 Å². The van der Waals surface area contributed by atoms with Gasteiger partial charge in [0.1, 0.15) is 0 Å². The van der Waals surface area contributed by atoms with Crippen LogP contribution in [-0.2, 0) is 16.5 Å². The Morgan fingerprint density at radius 2 is 1.27 bits per heavy atom. The summed E-state index contributed by atoms with van der Waals surface area (Å²) in [6.07, 6.45) is 0. The van der Waals surface area contributed by atoms with Crippen molar-refractivity contribution >= 4 is 23.3 Å². The van der Waals surface area contributed by atoms with E-state index in [-0.39, 0.29) is 33.9 Å². The van der Waals surface area contributed by atoms with Gasteiger partial charge in [-0.25, -0.2) is 24.3 Å². The number of methoxy groups -OCH3 is 2. The number of aromatic amines is 1. The minimum atomic E-state index is -0.746. The van der Waals surface area contributed by atoms with Crippen molar-refractivity contribution in [3.8, 4) is 11.4 Å². The number of non-ortho nitro benzene ring substituents is 2. The maximum Gasteiger partial charge on any atom is 0.368 e. The Morgan fingerprint density at radius 3 is 1.61 bits per heavy atom. The molecule has 20 heteroatoms. The molecule has 1 N–H and O–H groups in total. The van der Waals surface area contributed by atoms with Gasteiger partial charge in [-0.2, -0.15) is 14.0 Å². The van der Waals surface area contributed by atoms with Gasteiger partial charge < -0.3 is 9.47 Å². The molecule has 0 bridgehead atoms. The molecule has 20 nitrogen and oxygen atoms in total. The van der Waals surface area contributed by atoms with Crippen molar-refractivity contribution in [2.45, 2.75) is 13.8 Å². The topological polar surface area (TPSA) is 255 Å². The number of hydrogen-bond acceptors (Lipinski definition) is 14. The Balaban J connectivity index is 0.000000226. The number of carbonyl (C=O) groups is 2. The lowest BCUT2D eigenvalue weighted by atomic mass is 10.1. The van der Waals surface area contributed by atoms with Gasteiger partial charge in [-0.3, -0.25) is 20.2 Å². The molecule has 2 heterocycles. The van der Waals surface area contributed by atoms with Gasteiger partial charge in [-0.1, -0.05) is 0 Å². The van der Waals surface area contributed by atoms with E-state index in [1.807, 2.05) is 0 Å². The lowest BCUT2D eigenvalue weighted by Crippen LogP contribution is -2.23. The summed E-state index contributed by atoms with van der Waals surface area (Å²) in [5, 5.41) is 37.9. The summed E-state index contributed by atoms with van der Waals surface area (Å²) >= 11 is 0. The minimum Gasteiger partial charge on any atom is -0.465 e. The van der Waals surface area contributed by atoms with E-state index < -0.39 is 33.2 Å². The highest BCUT2D eigenvalue weighted by Gasteiger charge is 2.23. The molecule has 2 aromatic carbocycles. The highest BCUT2D eigenvalue weighted by molar-refractivity contribution is 5.93. The molecule has 0 amide bonds. The van der Waals surface area contributed by atoms with E-state index >= 15 is 0 Å². The summed E-state index contributed by atoms with van der Waals surface area (Å²) in [7, 11) is 3.71. The fourth-order valence-electron chi connectivity index (χ4n) is 3.48. The van der Waals surface area contributed by atoms with Crippen LogP contribution in [0, 0.1) is 34.1 Å². The number of nitro groups is 2. The molecule has 4 rings (SSSR count). The first kappa shape index (κ1) is 29.5. The average Bonchev–Trinajstić information content (AvgIpc) is 3.52. The molecule has 4 aromatic rings. The van der Waals surface area contributed by atoms with Crippen molar-refractivity contribution in [1.82, 2.24) is 40.0 Å². The zero-order valence-electron chi connectivity index (χ0n) is 21.9. The van der Waals surface area contributed by atoms with Crippen LogP contribution in [0.15, 0.2) is 33.9 Å². The number of tetrazole rings is 2. The molecule has 0 aliphatic rings. The van der Waals surface area contributed by atoms with E-state index in [0.29, 0.717) is 11.1 Å². The van der Waals surface area contributed by atoms with Crippen LogP contribution in [0.1, 0.15) is 31.8 Å². The van der Waals surface area contributed by atoms with Gasteiger partial charge >= 0.3 is 23.3 Å². The number of carbonyl (C=O) groups excluding carboxylic acids is 2. The standard InChI is InChI=1S/C11H11N5O5.C10H9N5O5/c1-6-8(10(17)21-3)4-7(16(19)20)5-9(6)15-11(18)14(2)12-13-15;1-5-7(9(16)20-2)3-6(15(18)19)4-8(5)14-10(17)11-12-13-14/h4-5H,1-3H3;3-4H,1-2H3,(H,11,13,17). The quantitative estimate of drug-likeness (QED) is 0.180. The summed E-state index contributed by atoms with van der Waals surface area (Å²) in [4.78, 5) is 67.2. The van der Waals surface area contributed by atoms with Crippen LogP contribution in [0.25, 0.3) is 11.4 Å². The zero-order valence-corrected chi connectivity index (χ0v) is 21.9. The summed E-state index contributed by atoms with van der Waals surface area (Å²) in [5.74, 6) is -1.49. The van der Waals surface area contributed by atoms with E-state index in [1.54, 1.807) is 0 Å². The highest BCUT2D eigenvalue weighted by atomic mass is 16.6. The maximum atomic E-state index is 11.9. The second-order valence-electron chi connectivity index (χ2n) is 7.99. The Morgan fingerprint density at radius 1 is 0.805 bits per heavy atom. The monoisotopic (exact) mass is 572 g/mol. The molecule has 0 saturated carbocycles. The highest BCUT2D eigenvalue weighted by Crippen LogP contribution is 2.25. The minimum absolute atomic E-state index is 0.0146. The fraction of sp³-hybridized carbons (Fsp3) is 0.238. The van der Waals surface area contributed by atoms with Crippen LogP contribution in [-0.4, -0.2) is 76.0 Å². The summed E-state index contributed by atoms with van der Waals surface area (Å²) in [5.41, 5.74) is -1.19. The predicted molar refractivity (Wildman–Crippen MR) is 134 cm³/mol. The number of H-pyrrole nitrogens is 1. The van der Waals surface area contributed by atoms with Gasteiger partial charge in [0.15, 0.2) is 0 Å². The summed E-state index contributed by atoms with van der Waals surface area (Å²) < 4.78 is 11.8. The Kier molecular flexibility index (Phi) is 8.45. The number of nitrogens with zero attached hydrogens (tertiary/aromatic N) is 9. The molecule has 0 fully saturated rings. The molecular formula is C21H20N10O10. The largest absolute Gasteiger partial charge is 0.465 e. The molecule has 0 unspecified atom stereocenters. The molecule has 214 valence electrons. The van der Waals surface area contributed by atoms with E-state index in [4.69, 9.17) is 0 Å². The van der Waals surface area contributed by atoms with E-state index in [2.05, 4.69) is 35.4 Å². The Hall–Kier alpha value is -6.08. The summed E-state index contributed by atoms with van der Waals surface area (Å²) in [6, 6.07) is 4.45. The molecule has 2 aromatic heterocycles. The van der Waals surface area contributed by atoms with Crippen molar-refractivity contribution in [3.05, 3.63) is 87.7 Å². The first-order chi connectivity index (χ1) is 19.3. The normalized spacial score (nSPS) is 10.4. The van der Waals surface area contributed by atoms with Crippen molar-refractivity contribution in [2.75, 3.05) is 14.2 Å². The maximum absolute atomic E-state index is 11.9. The van der Waals surface area contributed by atoms with Crippen LogP contribution in [0.3, 0.4) is 0 Å². The Labute approximate surface area is 227 Å². The van der Waals surface area contributed by atoms with Gasteiger partial charge in [0.25, 0.3) is 11.4 Å². The van der Waals surface area contributed by atoms with Crippen LogP contribution in [0.4, 0.5) is 11.4 Å². The third-order valence-corrected chi connectivity index (χ3v) is 5.61. The van der Waals surface area contributed by atoms with Crippen LogP contribution < -0.4 is 11.4 Å². The van der Waals surface area contributed by atoms with E-state index in [1.165, 1.54) is 20.9 Å². The predicted octanol–water partition coefficient (Wildman–Crippen LogP) is -0.0720. The molecule has 0 aliphatic carbocycles. The van der Waals surface area contributed by atoms with Gasteiger partial charge in [0, 0.05) is 31.3 Å². The number of rotatable bonds is 6. The van der Waals surface area contributed by atoms with Crippen molar-refractivity contribution in [1.29, 1.82) is 0 Å². The first-order valence-corrected chi connectivity index (χ1v) is 11.1. The van der Waals surface area contributed by atoms with E-state index in [9.17, 15) is 39.4 Å². The molecule has 0 atom stereocenters. The molecule has 41 heavy (non-hydrogen) atoms. The van der Waals surface area contributed by atoms with Gasteiger partial charge in [0.2, 0.25) is 0 Å². The van der Waals surface area contributed by atoms with Crippen molar-refractivity contribution in [3.63, 3.8) is 0 Å². The third kappa shape index (κ3) is 5.84.